The molecule has 1 rings (SSSR count). The van der Waals surface area contributed by atoms with Crippen molar-refractivity contribution in [3.63, 3.8) is 0 Å². The Morgan fingerprint density at radius 1 is 1.47 bits per heavy atom. The molecule has 2 nitrogen and oxygen atoms in total. The minimum absolute atomic E-state index is 0.463. The van der Waals surface area contributed by atoms with Gasteiger partial charge in [0, 0.05) is 11.6 Å². The average Bonchev–Trinajstić information content (AvgIpc) is 2.26. The number of rotatable bonds is 5. The number of hydrogen-bond donors (Lipinski definition) is 1. The van der Waals surface area contributed by atoms with Crippen molar-refractivity contribution < 1.29 is 4.74 Å². The first-order chi connectivity index (χ1) is 7.17. The lowest BCUT2D eigenvalue weighted by Gasteiger charge is -2.11. The van der Waals surface area contributed by atoms with Gasteiger partial charge in [-0.05, 0) is 23.6 Å². The van der Waals surface area contributed by atoms with Crippen LogP contribution in [0.4, 0.5) is 0 Å². The van der Waals surface area contributed by atoms with E-state index in [0.717, 1.165) is 24.3 Å². The van der Waals surface area contributed by atoms with Crippen LogP contribution >= 0.6 is 11.6 Å². The Bertz CT molecular complexity index is 314. The molecule has 0 aromatic heterocycles. The zero-order chi connectivity index (χ0) is 11.3. The lowest BCUT2D eigenvalue weighted by molar-refractivity contribution is 0.256. The van der Waals surface area contributed by atoms with Crippen molar-refractivity contribution in [3.8, 4) is 5.75 Å². The quantitative estimate of drug-likeness (QED) is 0.838. The van der Waals surface area contributed by atoms with Crippen LogP contribution in [0.3, 0.4) is 0 Å². The molecule has 0 aliphatic heterocycles. The van der Waals surface area contributed by atoms with Gasteiger partial charge in [0.05, 0.1) is 6.61 Å². The molecule has 0 saturated heterocycles. The average molecular weight is 228 g/mol. The highest BCUT2D eigenvalue weighted by Gasteiger charge is 2.03. The summed E-state index contributed by atoms with van der Waals surface area (Å²) in [6.07, 6.45) is 1.12. The van der Waals surface area contributed by atoms with Crippen molar-refractivity contribution in [1.82, 2.24) is 0 Å². The molecule has 0 bridgehead atoms. The number of nitrogens with two attached hydrogens (primary N) is 1. The summed E-state index contributed by atoms with van der Waals surface area (Å²) in [5.74, 6) is 1.38. The highest BCUT2D eigenvalue weighted by molar-refractivity contribution is 6.31. The molecule has 1 aromatic carbocycles. The van der Waals surface area contributed by atoms with Crippen molar-refractivity contribution in [2.75, 3.05) is 6.61 Å². The van der Waals surface area contributed by atoms with Gasteiger partial charge in [-0.2, -0.15) is 0 Å². The summed E-state index contributed by atoms with van der Waals surface area (Å²) in [5, 5.41) is 0.680. The maximum absolute atomic E-state index is 6.02. The zero-order valence-electron chi connectivity index (χ0n) is 9.29. The number of hydrogen-bond acceptors (Lipinski definition) is 2. The van der Waals surface area contributed by atoms with Gasteiger partial charge in [0.2, 0.25) is 0 Å². The van der Waals surface area contributed by atoms with Crippen molar-refractivity contribution in [1.29, 1.82) is 0 Å². The van der Waals surface area contributed by atoms with Gasteiger partial charge in [0.1, 0.15) is 5.75 Å². The molecular weight excluding hydrogens is 210 g/mol. The highest BCUT2D eigenvalue weighted by atomic mass is 35.5. The summed E-state index contributed by atoms with van der Waals surface area (Å²) >= 11 is 6.02. The van der Waals surface area contributed by atoms with Crippen LogP contribution in [0.1, 0.15) is 25.8 Å². The molecule has 1 unspecified atom stereocenters. The molecule has 15 heavy (non-hydrogen) atoms. The number of benzene rings is 1. The Morgan fingerprint density at radius 2 is 2.20 bits per heavy atom. The van der Waals surface area contributed by atoms with E-state index in [9.17, 15) is 0 Å². The largest absolute Gasteiger partial charge is 0.493 e. The molecule has 1 aromatic rings. The molecule has 0 radical (unpaired) electrons. The molecule has 84 valence electrons. The molecule has 0 saturated carbocycles. The van der Waals surface area contributed by atoms with Crippen LogP contribution in [0.15, 0.2) is 18.2 Å². The van der Waals surface area contributed by atoms with Crippen molar-refractivity contribution >= 4 is 11.6 Å². The topological polar surface area (TPSA) is 35.2 Å². The first kappa shape index (κ1) is 12.3. The Labute approximate surface area is 96.4 Å². The lowest BCUT2D eigenvalue weighted by Crippen LogP contribution is -2.07. The number of ether oxygens (including phenoxy) is 1. The lowest BCUT2D eigenvalue weighted by atomic mass is 10.1. The fraction of sp³-hybridized carbons (Fsp3) is 0.500. The monoisotopic (exact) mass is 227 g/mol. The fourth-order valence-electron chi connectivity index (χ4n) is 1.14. The van der Waals surface area contributed by atoms with Crippen LogP contribution in [-0.2, 0) is 6.54 Å². The predicted octanol–water partition coefficient (Wildman–Crippen LogP) is 3.22. The van der Waals surface area contributed by atoms with E-state index in [-0.39, 0.29) is 0 Å². The van der Waals surface area contributed by atoms with E-state index in [4.69, 9.17) is 22.1 Å². The zero-order valence-corrected chi connectivity index (χ0v) is 10.1. The van der Waals surface area contributed by atoms with E-state index in [1.165, 1.54) is 0 Å². The SMILES string of the molecule is CCC(C)COc1ccc(CN)c(Cl)c1. The summed E-state index contributed by atoms with van der Waals surface area (Å²) in [6.45, 7) is 5.51. The second-order valence-electron chi connectivity index (χ2n) is 3.78. The van der Waals surface area contributed by atoms with Gasteiger partial charge < -0.3 is 10.5 Å². The first-order valence-electron chi connectivity index (χ1n) is 5.28. The molecule has 3 heteroatoms. The third-order valence-electron chi connectivity index (χ3n) is 2.48. The minimum Gasteiger partial charge on any atom is -0.493 e. The van der Waals surface area contributed by atoms with E-state index >= 15 is 0 Å². The smallest absolute Gasteiger partial charge is 0.120 e. The van der Waals surface area contributed by atoms with Gasteiger partial charge in [0.25, 0.3) is 0 Å². The van der Waals surface area contributed by atoms with E-state index in [1.807, 2.05) is 18.2 Å². The second-order valence-corrected chi connectivity index (χ2v) is 4.19. The molecule has 0 aliphatic rings. The third-order valence-corrected chi connectivity index (χ3v) is 2.83. The van der Waals surface area contributed by atoms with Gasteiger partial charge in [-0.1, -0.05) is 37.9 Å². The molecular formula is C12H18ClNO. The van der Waals surface area contributed by atoms with Crippen molar-refractivity contribution in [2.45, 2.75) is 26.8 Å². The van der Waals surface area contributed by atoms with Crippen LogP contribution in [0.25, 0.3) is 0 Å². The Morgan fingerprint density at radius 3 is 2.73 bits per heavy atom. The maximum atomic E-state index is 6.02. The van der Waals surface area contributed by atoms with Gasteiger partial charge >= 0.3 is 0 Å². The Hall–Kier alpha value is -0.730. The number of halogens is 1. The third kappa shape index (κ3) is 3.73. The van der Waals surface area contributed by atoms with Gasteiger partial charge in [-0.3, -0.25) is 0 Å². The molecule has 0 heterocycles. The molecule has 2 N–H and O–H groups in total. The van der Waals surface area contributed by atoms with Gasteiger partial charge in [0.15, 0.2) is 0 Å². The second kappa shape index (κ2) is 5.99. The van der Waals surface area contributed by atoms with Crippen LogP contribution in [0.5, 0.6) is 5.75 Å². The van der Waals surface area contributed by atoms with Gasteiger partial charge in [-0.15, -0.1) is 0 Å². The standard InChI is InChI=1S/C12H18ClNO/c1-3-9(2)8-15-11-5-4-10(7-14)12(13)6-11/h4-6,9H,3,7-8,14H2,1-2H3. The maximum Gasteiger partial charge on any atom is 0.120 e. The molecule has 0 spiro atoms. The summed E-state index contributed by atoms with van der Waals surface area (Å²) < 4.78 is 5.61. The van der Waals surface area contributed by atoms with E-state index in [1.54, 1.807) is 0 Å². The van der Waals surface area contributed by atoms with Crippen LogP contribution in [-0.4, -0.2) is 6.61 Å². The predicted molar refractivity (Wildman–Crippen MR) is 64.3 cm³/mol. The Balaban J connectivity index is 2.59. The summed E-state index contributed by atoms with van der Waals surface area (Å²) in [6, 6.07) is 5.65. The fourth-order valence-corrected chi connectivity index (χ4v) is 1.39. The van der Waals surface area contributed by atoms with E-state index < -0.39 is 0 Å². The summed E-state index contributed by atoms with van der Waals surface area (Å²) in [4.78, 5) is 0. The highest BCUT2D eigenvalue weighted by Crippen LogP contribution is 2.22. The van der Waals surface area contributed by atoms with E-state index in [2.05, 4.69) is 13.8 Å². The van der Waals surface area contributed by atoms with Crippen LogP contribution < -0.4 is 10.5 Å². The summed E-state index contributed by atoms with van der Waals surface area (Å²) in [5.41, 5.74) is 6.47. The minimum atomic E-state index is 0.463. The molecule has 0 fully saturated rings. The van der Waals surface area contributed by atoms with Crippen molar-refractivity contribution in [3.05, 3.63) is 28.8 Å². The van der Waals surface area contributed by atoms with Crippen LogP contribution in [0.2, 0.25) is 5.02 Å². The Kier molecular flexibility index (Phi) is 4.92. The molecule has 0 amide bonds. The van der Waals surface area contributed by atoms with Crippen LogP contribution in [0, 0.1) is 5.92 Å². The van der Waals surface area contributed by atoms with Gasteiger partial charge in [-0.25, -0.2) is 0 Å². The van der Waals surface area contributed by atoms with E-state index in [0.29, 0.717) is 17.5 Å². The molecule has 1 atom stereocenters. The van der Waals surface area contributed by atoms with Crippen molar-refractivity contribution in [2.24, 2.45) is 11.7 Å². The first-order valence-corrected chi connectivity index (χ1v) is 5.66. The molecule has 0 aliphatic carbocycles. The normalized spacial score (nSPS) is 12.5. The summed E-state index contributed by atoms with van der Waals surface area (Å²) in [7, 11) is 0.